The lowest BCUT2D eigenvalue weighted by molar-refractivity contribution is -0.917. The van der Waals surface area contributed by atoms with Crippen molar-refractivity contribution in [2.45, 2.75) is 31.9 Å². The lowest BCUT2D eigenvalue weighted by Gasteiger charge is -2.38. The minimum absolute atomic E-state index is 0.169. The van der Waals surface area contributed by atoms with Gasteiger partial charge in [-0.15, -0.1) is 11.6 Å². The average Bonchev–Trinajstić information content (AvgIpc) is 2.38. The second-order valence-electron chi connectivity index (χ2n) is 5.49. The van der Waals surface area contributed by atoms with Crippen LogP contribution in [0.4, 0.5) is 0 Å². The molecule has 0 fully saturated rings. The SMILES string of the molecule is C[C@@H]([C@H](O)c1ccccc1)[N+](C)(C)CCCCCl. The Morgan fingerprint density at radius 2 is 1.78 bits per heavy atom. The Bertz CT molecular complexity index is 340. The van der Waals surface area contributed by atoms with Gasteiger partial charge in [-0.05, 0) is 25.3 Å². The molecular formula is C15H25ClNO+. The number of halogens is 1. The van der Waals surface area contributed by atoms with Crippen LogP contribution < -0.4 is 0 Å². The van der Waals surface area contributed by atoms with Gasteiger partial charge in [0.05, 0.1) is 20.6 Å². The lowest BCUT2D eigenvalue weighted by Crippen LogP contribution is -2.50. The number of aliphatic hydroxyl groups is 1. The molecule has 2 nitrogen and oxygen atoms in total. The van der Waals surface area contributed by atoms with E-state index >= 15 is 0 Å². The molecule has 18 heavy (non-hydrogen) atoms. The standard InChI is InChI=1S/C15H25ClNO/c1-13(17(2,3)12-8-7-11-16)15(18)14-9-5-4-6-10-14/h4-6,9-10,13,15,18H,7-8,11-12H2,1-3H3/q+1/t13-,15-/m0/s1. The van der Waals surface area contributed by atoms with Gasteiger partial charge in [-0.2, -0.15) is 0 Å². The zero-order chi connectivity index (χ0) is 13.6. The molecule has 0 amide bonds. The first kappa shape index (κ1) is 15.5. The third-order valence-corrected chi connectivity index (χ3v) is 4.09. The Balaban J connectivity index is 2.64. The van der Waals surface area contributed by atoms with E-state index in [9.17, 15) is 5.11 Å². The number of unbranched alkanes of at least 4 members (excludes halogenated alkanes) is 1. The first-order valence-electron chi connectivity index (χ1n) is 6.60. The maximum Gasteiger partial charge on any atom is 0.130 e. The molecule has 0 aromatic heterocycles. The normalized spacial score (nSPS) is 15.4. The molecule has 1 aromatic rings. The van der Waals surface area contributed by atoms with Crippen LogP contribution in [0.2, 0.25) is 0 Å². The van der Waals surface area contributed by atoms with Crippen molar-refractivity contribution in [2.24, 2.45) is 0 Å². The van der Waals surface area contributed by atoms with E-state index < -0.39 is 6.10 Å². The number of rotatable bonds is 7. The zero-order valence-corrected chi connectivity index (χ0v) is 12.4. The van der Waals surface area contributed by atoms with Crippen molar-refractivity contribution < 1.29 is 9.59 Å². The molecule has 0 aliphatic rings. The number of likely N-dealkylation sites (N-methyl/N-ethyl adjacent to an activating group) is 1. The van der Waals surface area contributed by atoms with Gasteiger partial charge in [0.25, 0.3) is 0 Å². The smallest absolute Gasteiger partial charge is 0.130 e. The number of nitrogens with zero attached hydrogens (tertiary/aromatic N) is 1. The molecule has 0 aliphatic heterocycles. The summed E-state index contributed by atoms with van der Waals surface area (Å²) in [5.41, 5.74) is 0.994. The Labute approximate surface area is 116 Å². The summed E-state index contributed by atoms with van der Waals surface area (Å²) in [4.78, 5) is 0. The largest absolute Gasteiger partial charge is 0.382 e. The molecular weight excluding hydrogens is 246 g/mol. The Morgan fingerprint density at radius 3 is 2.33 bits per heavy atom. The van der Waals surface area contributed by atoms with Crippen LogP contribution in [-0.2, 0) is 0 Å². The van der Waals surface area contributed by atoms with E-state index in [0.29, 0.717) is 0 Å². The van der Waals surface area contributed by atoms with Crippen LogP contribution in [-0.4, -0.2) is 42.2 Å². The second-order valence-corrected chi connectivity index (χ2v) is 5.87. The fourth-order valence-corrected chi connectivity index (χ4v) is 2.32. The number of hydrogen-bond acceptors (Lipinski definition) is 1. The molecule has 0 saturated heterocycles. The summed E-state index contributed by atoms with van der Waals surface area (Å²) in [6.07, 6.45) is 1.72. The lowest BCUT2D eigenvalue weighted by atomic mass is 10.0. The van der Waals surface area contributed by atoms with Gasteiger partial charge in [0, 0.05) is 5.88 Å². The first-order valence-corrected chi connectivity index (χ1v) is 7.14. The minimum atomic E-state index is -0.419. The fourth-order valence-electron chi connectivity index (χ4n) is 2.13. The van der Waals surface area contributed by atoms with Gasteiger partial charge in [0.15, 0.2) is 0 Å². The molecule has 1 aromatic carbocycles. The number of hydrogen-bond donors (Lipinski definition) is 1. The summed E-state index contributed by atoms with van der Waals surface area (Å²) in [6, 6.07) is 10.1. The average molecular weight is 271 g/mol. The molecule has 1 N–H and O–H groups in total. The van der Waals surface area contributed by atoms with Gasteiger partial charge in [-0.3, -0.25) is 0 Å². The molecule has 0 radical (unpaired) electrons. The number of aliphatic hydroxyl groups excluding tert-OH is 1. The predicted molar refractivity (Wildman–Crippen MR) is 77.8 cm³/mol. The molecule has 0 aliphatic carbocycles. The van der Waals surface area contributed by atoms with Crippen molar-refractivity contribution in [3.63, 3.8) is 0 Å². The van der Waals surface area contributed by atoms with Gasteiger partial charge in [0.2, 0.25) is 0 Å². The summed E-state index contributed by atoms with van der Waals surface area (Å²) in [5.74, 6) is 0.718. The highest BCUT2D eigenvalue weighted by atomic mass is 35.5. The Kier molecular flexibility index (Phi) is 6.13. The number of alkyl halides is 1. The molecule has 0 bridgehead atoms. The molecule has 3 heteroatoms. The van der Waals surface area contributed by atoms with Crippen molar-refractivity contribution >= 4 is 11.6 Å². The third-order valence-electron chi connectivity index (χ3n) is 3.82. The quantitative estimate of drug-likeness (QED) is 0.458. The minimum Gasteiger partial charge on any atom is -0.382 e. The summed E-state index contributed by atoms with van der Waals surface area (Å²) < 4.78 is 0.812. The van der Waals surface area contributed by atoms with Crippen molar-refractivity contribution in [3.05, 3.63) is 35.9 Å². The summed E-state index contributed by atoms with van der Waals surface area (Å²) >= 11 is 5.71. The fraction of sp³-hybridized carbons (Fsp3) is 0.600. The van der Waals surface area contributed by atoms with Gasteiger partial charge in [-0.1, -0.05) is 30.3 Å². The Morgan fingerprint density at radius 1 is 1.17 bits per heavy atom. The van der Waals surface area contributed by atoms with Gasteiger partial charge in [0.1, 0.15) is 12.1 Å². The highest BCUT2D eigenvalue weighted by molar-refractivity contribution is 6.17. The van der Waals surface area contributed by atoms with E-state index in [2.05, 4.69) is 21.0 Å². The van der Waals surface area contributed by atoms with E-state index in [1.54, 1.807) is 0 Å². The van der Waals surface area contributed by atoms with Crippen molar-refractivity contribution in [2.75, 3.05) is 26.5 Å². The Hall–Kier alpha value is -0.570. The van der Waals surface area contributed by atoms with E-state index in [-0.39, 0.29) is 6.04 Å². The first-order chi connectivity index (χ1) is 8.49. The number of benzene rings is 1. The zero-order valence-electron chi connectivity index (χ0n) is 11.6. The van der Waals surface area contributed by atoms with Gasteiger partial charge >= 0.3 is 0 Å². The maximum absolute atomic E-state index is 10.4. The highest BCUT2D eigenvalue weighted by Crippen LogP contribution is 2.24. The molecule has 0 saturated carbocycles. The molecule has 1 rings (SSSR count). The van der Waals surface area contributed by atoms with Crippen molar-refractivity contribution in [1.29, 1.82) is 0 Å². The van der Waals surface area contributed by atoms with Crippen molar-refractivity contribution in [1.82, 2.24) is 0 Å². The van der Waals surface area contributed by atoms with Crippen LogP contribution in [0.1, 0.15) is 31.4 Å². The molecule has 0 heterocycles. The number of quaternary nitrogens is 1. The molecule has 102 valence electrons. The van der Waals surface area contributed by atoms with Crippen LogP contribution in [0.15, 0.2) is 30.3 Å². The summed E-state index contributed by atoms with van der Waals surface area (Å²) in [7, 11) is 4.34. The van der Waals surface area contributed by atoms with Crippen LogP contribution in [0.3, 0.4) is 0 Å². The van der Waals surface area contributed by atoms with E-state index in [1.807, 2.05) is 30.3 Å². The van der Waals surface area contributed by atoms with Crippen LogP contribution in [0.5, 0.6) is 0 Å². The van der Waals surface area contributed by atoms with Crippen molar-refractivity contribution in [3.8, 4) is 0 Å². The van der Waals surface area contributed by atoms with Crippen LogP contribution in [0.25, 0.3) is 0 Å². The monoisotopic (exact) mass is 270 g/mol. The summed E-state index contributed by atoms with van der Waals surface area (Å²) in [6.45, 7) is 3.15. The predicted octanol–water partition coefficient (Wildman–Crippen LogP) is 3.20. The maximum atomic E-state index is 10.4. The van der Waals surface area contributed by atoms with Gasteiger partial charge < -0.3 is 9.59 Å². The third kappa shape index (κ3) is 4.27. The molecule has 0 spiro atoms. The van der Waals surface area contributed by atoms with Crippen LogP contribution in [0, 0.1) is 0 Å². The molecule has 0 unspecified atom stereocenters. The van der Waals surface area contributed by atoms with Gasteiger partial charge in [-0.25, -0.2) is 0 Å². The summed E-state index contributed by atoms with van der Waals surface area (Å²) in [5, 5.41) is 10.4. The topological polar surface area (TPSA) is 20.2 Å². The van der Waals surface area contributed by atoms with E-state index in [0.717, 1.165) is 35.3 Å². The van der Waals surface area contributed by atoms with E-state index in [4.69, 9.17) is 11.6 Å². The molecule has 2 atom stereocenters. The van der Waals surface area contributed by atoms with Crippen LogP contribution >= 0.6 is 11.6 Å². The second kappa shape index (κ2) is 7.13. The van der Waals surface area contributed by atoms with E-state index in [1.165, 1.54) is 0 Å². The highest BCUT2D eigenvalue weighted by Gasteiger charge is 2.30.